The van der Waals surface area contributed by atoms with Crippen molar-refractivity contribution in [3.8, 4) is 0 Å². The maximum atomic E-state index is 12.6. The van der Waals surface area contributed by atoms with Crippen molar-refractivity contribution in [3.05, 3.63) is 84.2 Å². The number of ether oxygens (including phenoxy) is 1. The first-order chi connectivity index (χ1) is 13.2. The third-order valence-electron chi connectivity index (χ3n) is 4.14. The first-order valence-electron chi connectivity index (χ1n) is 8.28. The molecule has 0 unspecified atom stereocenters. The Morgan fingerprint density at radius 3 is 2.44 bits per heavy atom. The summed E-state index contributed by atoms with van der Waals surface area (Å²) in [4.78, 5) is 32.4. The molecule has 0 saturated carbocycles. The lowest BCUT2D eigenvalue weighted by molar-refractivity contribution is 0.103. The van der Waals surface area contributed by atoms with Crippen LogP contribution in [0.5, 0.6) is 0 Å². The van der Waals surface area contributed by atoms with Gasteiger partial charge in [0.15, 0.2) is 5.78 Å². The summed E-state index contributed by atoms with van der Waals surface area (Å²) in [5.41, 5.74) is 2.43. The van der Waals surface area contributed by atoms with Crippen LogP contribution in [0.25, 0.3) is 11.0 Å². The molecule has 1 N–H and O–H groups in total. The second-order valence-electron chi connectivity index (χ2n) is 5.83. The third kappa shape index (κ3) is 3.06. The molecule has 0 aliphatic rings. The van der Waals surface area contributed by atoms with Gasteiger partial charge in [-0.1, -0.05) is 30.3 Å². The molecule has 0 spiro atoms. The average Bonchev–Trinajstić information content (AvgIpc) is 3.37. The van der Waals surface area contributed by atoms with E-state index in [-0.39, 0.29) is 11.7 Å². The van der Waals surface area contributed by atoms with E-state index in [4.69, 9.17) is 4.74 Å². The van der Waals surface area contributed by atoms with E-state index in [0.717, 1.165) is 0 Å². The number of nitrogens with zero attached hydrogens (tertiary/aromatic N) is 3. The molecule has 4 aromatic rings. The summed E-state index contributed by atoms with van der Waals surface area (Å²) in [6, 6.07) is 17.8. The molecule has 0 aliphatic heterocycles. The number of anilines is 1. The number of imidazole rings is 1. The van der Waals surface area contributed by atoms with E-state index in [1.54, 1.807) is 59.5 Å². The van der Waals surface area contributed by atoms with Crippen molar-refractivity contribution in [3.63, 3.8) is 0 Å². The van der Waals surface area contributed by atoms with Gasteiger partial charge < -0.3 is 9.72 Å². The first kappa shape index (κ1) is 16.6. The standard InChI is InChI=1S/C20H16N4O3/c1-27-20(26)24(23-11-5-6-12-23)19-21-16-10-9-15(13-17(16)22-19)18(25)14-7-3-2-4-8-14/h2-13H,1H3,(H,21,22). The second-order valence-corrected chi connectivity index (χ2v) is 5.83. The predicted molar refractivity (Wildman–Crippen MR) is 101 cm³/mol. The van der Waals surface area contributed by atoms with E-state index < -0.39 is 6.09 Å². The van der Waals surface area contributed by atoms with E-state index in [1.807, 2.05) is 18.2 Å². The largest absolute Gasteiger partial charge is 0.451 e. The lowest BCUT2D eigenvalue weighted by atomic mass is 10.0. The molecule has 0 bridgehead atoms. The van der Waals surface area contributed by atoms with Crippen LogP contribution in [0, 0.1) is 0 Å². The zero-order valence-corrected chi connectivity index (χ0v) is 14.5. The highest BCUT2D eigenvalue weighted by molar-refractivity contribution is 6.10. The number of carbonyl (C=O) groups is 2. The van der Waals surface area contributed by atoms with E-state index in [0.29, 0.717) is 22.2 Å². The molecule has 2 heterocycles. The van der Waals surface area contributed by atoms with Crippen LogP contribution in [0.3, 0.4) is 0 Å². The number of nitrogens with one attached hydrogen (secondary N) is 1. The van der Waals surface area contributed by atoms with Crippen molar-refractivity contribution in [1.82, 2.24) is 14.6 Å². The number of rotatable bonds is 4. The van der Waals surface area contributed by atoms with Gasteiger partial charge >= 0.3 is 6.09 Å². The SMILES string of the molecule is COC(=O)N(c1nc2ccc(C(=O)c3ccccc3)cc2[nH]1)n1cccc1. The van der Waals surface area contributed by atoms with E-state index >= 15 is 0 Å². The van der Waals surface area contributed by atoms with Crippen molar-refractivity contribution in [2.24, 2.45) is 0 Å². The van der Waals surface area contributed by atoms with E-state index in [2.05, 4.69) is 9.97 Å². The number of aromatic amines is 1. The van der Waals surface area contributed by atoms with Crippen LogP contribution in [0.2, 0.25) is 0 Å². The summed E-state index contributed by atoms with van der Waals surface area (Å²) in [7, 11) is 1.30. The number of hydrogen-bond acceptors (Lipinski definition) is 4. The van der Waals surface area contributed by atoms with Crippen LogP contribution >= 0.6 is 0 Å². The first-order valence-corrected chi connectivity index (χ1v) is 8.28. The Kier molecular flexibility index (Phi) is 4.18. The zero-order valence-electron chi connectivity index (χ0n) is 14.5. The molecule has 0 aliphatic carbocycles. The van der Waals surface area contributed by atoms with Gasteiger partial charge in [0.2, 0.25) is 5.95 Å². The fraction of sp³-hybridized carbons (Fsp3) is 0.0500. The highest BCUT2D eigenvalue weighted by Crippen LogP contribution is 2.21. The summed E-state index contributed by atoms with van der Waals surface area (Å²) in [6.45, 7) is 0. The van der Waals surface area contributed by atoms with Crippen LogP contribution in [-0.2, 0) is 4.74 Å². The van der Waals surface area contributed by atoms with Crippen LogP contribution in [-0.4, -0.2) is 33.6 Å². The minimum atomic E-state index is -0.592. The minimum absolute atomic E-state index is 0.0797. The molecular weight excluding hydrogens is 344 g/mol. The highest BCUT2D eigenvalue weighted by Gasteiger charge is 2.22. The molecule has 4 rings (SSSR count). The van der Waals surface area contributed by atoms with Crippen molar-refractivity contribution < 1.29 is 14.3 Å². The zero-order chi connectivity index (χ0) is 18.8. The van der Waals surface area contributed by atoms with Gasteiger partial charge in [-0.15, -0.1) is 5.01 Å². The number of ketones is 1. The van der Waals surface area contributed by atoms with Gasteiger partial charge in [0.1, 0.15) is 0 Å². The summed E-state index contributed by atoms with van der Waals surface area (Å²) < 4.78 is 6.41. The molecule has 0 radical (unpaired) electrons. The van der Waals surface area contributed by atoms with Crippen molar-refractivity contribution in [1.29, 1.82) is 0 Å². The van der Waals surface area contributed by atoms with Gasteiger partial charge in [-0.05, 0) is 30.3 Å². The normalized spacial score (nSPS) is 10.7. The highest BCUT2D eigenvalue weighted by atomic mass is 16.5. The van der Waals surface area contributed by atoms with Crippen molar-refractivity contribution in [2.75, 3.05) is 12.1 Å². The molecule has 7 nitrogen and oxygen atoms in total. The second kappa shape index (κ2) is 6.80. The molecule has 0 saturated heterocycles. The molecule has 0 fully saturated rings. The van der Waals surface area contributed by atoms with E-state index in [9.17, 15) is 9.59 Å². The summed E-state index contributed by atoms with van der Waals surface area (Å²) in [6.07, 6.45) is 2.81. The lowest BCUT2D eigenvalue weighted by Crippen LogP contribution is -2.35. The van der Waals surface area contributed by atoms with Gasteiger partial charge in [-0.2, -0.15) is 0 Å². The van der Waals surface area contributed by atoms with Gasteiger partial charge in [0, 0.05) is 23.5 Å². The molecule has 134 valence electrons. The van der Waals surface area contributed by atoms with Crippen LogP contribution in [0.4, 0.5) is 10.7 Å². The van der Waals surface area contributed by atoms with Gasteiger partial charge in [-0.25, -0.2) is 9.78 Å². The van der Waals surface area contributed by atoms with Crippen LogP contribution < -0.4 is 5.01 Å². The van der Waals surface area contributed by atoms with Crippen molar-refractivity contribution in [2.45, 2.75) is 0 Å². The summed E-state index contributed by atoms with van der Waals surface area (Å²) >= 11 is 0. The number of fused-ring (bicyclic) bond motifs is 1. The van der Waals surface area contributed by atoms with Gasteiger partial charge in [-0.3, -0.25) is 9.47 Å². The molecule has 2 aromatic carbocycles. The fourth-order valence-electron chi connectivity index (χ4n) is 2.83. The number of aromatic nitrogens is 3. The maximum Gasteiger partial charge on any atom is 0.436 e. The molecule has 27 heavy (non-hydrogen) atoms. The Morgan fingerprint density at radius 1 is 1.00 bits per heavy atom. The lowest BCUT2D eigenvalue weighted by Gasteiger charge is -2.18. The van der Waals surface area contributed by atoms with E-state index in [1.165, 1.54) is 12.1 Å². The number of amides is 1. The monoisotopic (exact) mass is 360 g/mol. The van der Waals surface area contributed by atoms with Gasteiger partial charge in [0.05, 0.1) is 18.1 Å². The number of hydrogen-bond donors (Lipinski definition) is 1. The maximum absolute atomic E-state index is 12.6. The number of benzene rings is 2. The Morgan fingerprint density at radius 2 is 1.74 bits per heavy atom. The van der Waals surface area contributed by atoms with Crippen LogP contribution in [0.1, 0.15) is 15.9 Å². The summed E-state index contributed by atoms with van der Waals surface area (Å²) in [5, 5.41) is 1.26. The fourth-order valence-corrected chi connectivity index (χ4v) is 2.83. The Balaban J connectivity index is 1.74. The molecule has 1 amide bonds. The molecule has 0 atom stereocenters. The number of H-pyrrole nitrogens is 1. The molecule has 7 heteroatoms. The van der Waals surface area contributed by atoms with Gasteiger partial charge in [0.25, 0.3) is 0 Å². The molecule has 2 aromatic heterocycles. The Hall–Kier alpha value is -3.87. The summed E-state index contributed by atoms with van der Waals surface area (Å²) in [5.74, 6) is 0.209. The quantitative estimate of drug-likeness (QED) is 0.564. The average molecular weight is 360 g/mol. The van der Waals surface area contributed by atoms with Crippen LogP contribution in [0.15, 0.2) is 73.1 Å². The molecular formula is C20H16N4O3. The number of methoxy groups -OCH3 is 1. The number of carbonyl (C=O) groups excluding carboxylic acids is 2. The topological polar surface area (TPSA) is 80.2 Å². The third-order valence-corrected chi connectivity index (χ3v) is 4.14. The Bertz CT molecular complexity index is 1100. The van der Waals surface area contributed by atoms with Crippen molar-refractivity contribution >= 4 is 28.9 Å². The smallest absolute Gasteiger partial charge is 0.436 e. The predicted octanol–water partition coefficient (Wildman–Crippen LogP) is 3.63. The Labute approximate surface area is 154 Å². The minimum Gasteiger partial charge on any atom is -0.451 e.